The number of carbonyl (C=O) groups is 1. The van der Waals surface area contributed by atoms with Crippen LogP contribution in [0.15, 0.2) is 63.8 Å². The second-order valence-corrected chi connectivity index (χ2v) is 6.79. The standard InChI is InChI=1S/C22H19N3O6/c1-29-18-9-15(7-8-23-18)12-31-21(27)16-10-17-19(30-13-16)24-22(28)25(20(17)26)11-14-5-3-2-4-6-14/h2-10H,11-13H2,1H3,(H,24,28). The van der Waals surface area contributed by atoms with Crippen LogP contribution < -0.4 is 20.7 Å². The molecule has 1 aromatic carbocycles. The number of esters is 1. The summed E-state index contributed by atoms with van der Waals surface area (Å²) in [6, 6.07) is 12.5. The van der Waals surface area contributed by atoms with Crippen LogP contribution in [0.4, 0.5) is 0 Å². The van der Waals surface area contributed by atoms with Crippen molar-refractivity contribution in [2.45, 2.75) is 13.2 Å². The van der Waals surface area contributed by atoms with Gasteiger partial charge in [-0.2, -0.15) is 0 Å². The predicted molar refractivity (Wildman–Crippen MR) is 111 cm³/mol. The Morgan fingerprint density at radius 1 is 1.19 bits per heavy atom. The Morgan fingerprint density at radius 3 is 2.77 bits per heavy atom. The Hall–Kier alpha value is -4.14. The largest absolute Gasteiger partial charge is 0.481 e. The minimum Gasteiger partial charge on any atom is -0.481 e. The molecule has 3 aromatic rings. The van der Waals surface area contributed by atoms with Gasteiger partial charge in [0, 0.05) is 12.3 Å². The lowest BCUT2D eigenvalue weighted by molar-refractivity contribution is -0.140. The van der Waals surface area contributed by atoms with Gasteiger partial charge in [-0.3, -0.25) is 14.3 Å². The van der Waals surface area contributed by atoms with Crippen LogP contribution in [0.3, 0.4) is 0 Å². The Balaban J connectivity index is 1.56. The number of pyridine rings is 1. The number of methoxy groups -OCH3 is 1. The SMILES string of the molecule is COc1cc(COC(=O)C2=Cc3c([nH]c(=O)n(Cc4ccccc4)c3=O)OC2)ccn1. The lowest BCUT2D eigenvalue weighted by Crippen LogP contribution is -2.38. The predicted octanol–water partition coefficient (Wildman–Crippen LogP) is 1.51. The number of rotatable bonds is 6. The van der Waals surface area contributed by atoms with E-state index in [1.165, 1.54) is 13.2 Å². The van der Waals surface area contributed by atoms with Gasteiger partial charge in [0.2, 0.25) is 11.8 Å². The number of hydrogen-bond acceptors (Lipinski definition) is 7. The molecule has 1 N–H and O–H groups in total. The van der Waals surface area contributed by atoms with Crippen molar-refractivity contribution < 1.29 is 19.0 Å². The first-order valence-electron chi connectivity index (χ1n) is 9.45. The lowest BCUT2D eigenvalue weighted by atomic mass is 10.1. The Bertz CT molecular complexity index is 1260. The van der Waals surface area contributed by atoms with E-state index >= 15 is 0 Å². The average Bonchev–Trinajstić information content (AvgIpc) is 2.81. The second kappa shape index (κ2) is 8.70. The van der Waals surface area contributed by atoms with E-state index in [2.05, 4.69) is 9.97 Å². The molecule has 9 nitrogen and oxygen atoms in total. The number of nitrogens with zero attached hydrogens (tertiary/aromatic N) is 2. The monoisotopic (exact) mass is 421 g/mol. The molecule has 0 saturated carbocycles. The van der Waals surface area contributed by atoms with Gasteiger partial charge in [0.15, 0.2) is 0 Å². The molecule has 0 aliphatic carbocycles. The molecule has 2 aromatic heterocycles. The second-order valence-electron chi connectivity index (χ2n) is 6.79. The van der Waals surface area contributed by atoms with Crippen molar-refractivity contribution in [2.24, 2.45) is 0 Å². The highest BCUT2D eigenvalue weighted by molar-refractivity contribution is 5.95. The van der Waals surface area contributed by atoms with Crippen molar-refractivity contribution in [3.05, 3.63) is 91.8 Å². The van der Waals surface area contributed by atoms with Gasteiger partial charge in [-0.1, -0.05) is 30.3 Å². The molecular formula is C22H19N3O6. The molecule has 31 heavy (non-hydrogen) atoms. The normalized spacial score (nSPS) is 12.4. The molecule has 0 bridgehead atoms. The zero-order valence-corrected chi connectivity index (χ0v) is 16.7. The number of ether oxygens (including phenoxy) is 3. The number of H-pyrrole nitrogens is 1. The van der Waals surface area contributed by atoms with Crippen LogP contribution in [0.5, 0.6) is 11.8 Å². The molecule has 0 fully saturated rings. The van der Waals surface area contributed by atoms with E-state index in [-0.39, 0.29) is 36.8 Å². The van der Waals surface area contributed by atoms with E-state index in [1.807, 2.05) is 30.3 Å². The summed E-state index contributed by atoms with van der Waals surface area (Å²) < 4.78 is 16.9. The van der Waals surface area contributed by atoms with E-state index in [1.54, 1.807) is 18.3 Å². The van der Waals surface area contributed by atoms with Gasteiger partial charge >= 0.3 is 11.7 Å². The van der Waals surface area contributed by atoms with Crippen LogP contribution in [0.1, 0.15) is 16.7 Å². The lowest BCUT2D eigenvalue weighted by Gasteiger charge is -2.17. The van der Waals surface area contributed by atoms with Crippen LogP contribution in [0.25, 0.3) is 6.08 Å². The van der Waals surface area contributed by atoms with Gasteiger partial charge in [-0.05, 0) is 23.3 Å². The smallest absolute Gasteiger partial charge is 0.337 e. The van der Waals surface area contributed by atoms with E-state index in [0.29, 0.717) is 11.4 Å². The molecule has 9 heteroatoms. The minimum absolute atomic E-state index is 0.00573. The summed E-state index contributed by atoms with van der Waals surface area (Å²) >= 11 is 0. The third-order valence-corrected chi connectivity index (χ3v) is 4.70. The first-order chi connectivity index (χ1) is 15.0. The Kier molecular flexibility index (Phi) is 5.65. The highest BCUT2D eigenvalue weighted by Gasteiger charge is 2.23. The topological polar surface area (TPSA) is 113 Å². The number of carbonyl (C=O) groups excluding carboxylic acids is 1. The average molecular weight is 421 g/mol. The number of hydrogen-bond donors (Lipinski definition) is 1. The highest BCUT2D eigenvalue weighted by atomic mass is 16.5. The Labute approximate surface area is 176 Å². The summed E-state index contributed by atoms with van der Waals surface area (Å²) in [7, 11) is 1.49. The van der Waals surface area contributed by atoms with Gasteiger partial charge in [-0.25, -0.2) is 14.6 Å². The molecular weight excluding hydrogens is 402 g/mol. The molecule has 0 amide bonds. The molecule has 4 rings (SSSR count). The van der Waals surface area contributed by atoms with Gasteiger partial charge in [0.1, 0.15) is 18.8 Å². The molecule has 0 unspecified atom stereocenters. The maximum Gasteiger partial charge on any atom is 0.337 e. The molecule has 158 valence electrons. The third-order valence-electron chi connectivity index (χ3n) is 4.70. The van der Waals surface area contributed by atoms with Crippen LogP contribution in [0, 0.1) is 0 Å². The fraction of sp³-hybridized carbons (Fsp3) is 0.182. The highest BCUT2D eigenvalue weighted by Crippen LogP contribution is 2.21. The Morgan fingerprint density at radius 2 is 2.00 bits per heavy atom. The number of aromatic nitrogens is 3. The molecule has 0 spiro atoms. The van der Waals surface area contributed by atoms with E-state index < -0.39 is 17.2 Å². The molecule has 0 radical (unpaired) electrons. The summed E-state index contributed by atoms with van der Waals surface area (Å²) in [4.78, 5) is 44.3. The van der Waals surface area contributed by atoms with Gasteiger partial charge in [0.25, 0.3) is 5.56 Å². The quantitative estimate of drug-likeness (QED) is 0.600. The zero-order chi connectivity index (χ0) is 21.8. The van der Waals surface area contributed by atoms with Crippen LogP contribution in [-0.4, -0.2) is 34.2 Å². The maximum atomic E-state index is 12.9. The van der Waals surface area contributed by atoms with Crippen LogP contribution in [-0.2, 0) is 22.7 Å². The number of benzene rings is 1. The number of nitrogens with one attached hydrogen (secondary N) is 1. The zero-order valence-electron chi connectivity index (χ0n) is 16.7. The summed E-state index contributed by atoms with van der Waals surface area (Å²) in [5.74, 6) is -0.179. The van der Waals surface area contributed by atoms with Crippen molar-refractivity contribution in [3.63, 3.8) is 0 Å². The first-order valence-corrected chi connectivity index (χ1v) is 9.45. The molecule has 1 aliphatic rings. The van der Waals surface area contributed by atoms with E-state index in [4.69, 9.17) is 14.2 Å². The number of fused-ring (bicyclic) bond motifs is 1. The fourth-order valence-electron chi connectivity index (χ4n) is 3.09. The van der Waals surface area contributed by atoms with Gasteiger partial charge < -0.3 is 14.2 Å². The van der Waals surface area contributed by atoms with Crippen molar-refractivity contribution >= 4 is 12.0 Å². The summed E-state index contributed by atoms with van der Waals surface area (Å²) in [6.45, 7) is -0.0187. The molecule has 3 heterocycles. The van der Waals surface area contributed by atoms with Gasteiger partial charge in [0.05, 0.1) is 19.2 Å². The minimum atomic E-state index is -0.623. The fourth-order valence-corrected chi connectivity index (χ4v) is 3.09. The van der Waals surface area contributed by atoms with Gasteiger partial charge in [-0.15, -0.1) is 0 Å². The van der Waals surface area contributed by atoms with E-state index in [9.17, 15) is 14.4 Å². The van der Waals surface area contributed by atoms with Crippen molar-refractivity contribution in [1.29, 1.82) is 0 Å². The molecule has 0 saturated heterocycles. The summed E-state index contributed by atoms with van der Waals surface area (Å²) in [5.41, 5.74) is 0.629. The number of aromatic amines is 1. The third kappa shape index (κ3) is 4.40. The first kappa shape index (κ1) is 20.1. The molecule has 0 atom stereocenters. The van der Waals surface area contributed by atoms with Crippen molar-refractivity contribution in [3.8, 4) is 11.8 Å². The molecule has 1 aliphatic heterocycles. The van der Waals surface area contributed by atoms with Crippen LogP contribution in [0.2, 0.25) is 0 Å². The maximum absolute atomic E-state index is 12.9. The van der Waals surface area contributed by atoms with E-state index in [0.717, 1.165) is 10.1 Å². The summed E-state index contributed by atoms with van der Waals surface area (Å²) in [5, 5.41) is 0. The van der Waals surface area contributed by atoms with Crippen molar-refractivity contribution in [1.82, 2.24) is 14.5 Å². The summed E-state index contributed by atoms with van der Waals surface area (Å²) in [6.07, 6.45) is 2.95. The van der Waals surface area contributed by atoms with Crippen molar-refractivity contribution in [2.75, 3.05) is 13.7 Å². The van der Waals surface area contributed by atoms with Crippen LogP contribution >= 0.6 is 0 Å².